The third-order valence-corrected chi connectivity index (χ3v) is 6.61. The van der Waals surface area contributed by atoms with Crippen LogP contribution >= 0.6 is 34.8 Å². The van der Waals surface area contributed by atoms with Crippen molar-refractivity contribution in [2.45, 2.75) is 6.42 Å². The van der Waals surface area contributed by atoms with Gasteiger partial charge in [-0.3, -0.25) is 4.79 Å². The van der Waals surface area contributed by atoms with Crippen molar-refractivity contribution in [3.05, 3.63) is 69.3 Å². The van der Waals surface area contributed by atoms with E-state index >= 15 is 0 Å². The zero-order valence-electron chi connectivity index (χ0n) is 18.5. The monoisotopic (exact) mass is 527 g/mol. The normalized spacial score (nSPS) is 13.9. The summed E-state index contributed by atoms with van der Waals surface area (Å²) in [6.07, 6.45) is 1.93. The summed E-state index contributed by atoms with van der Waals surface area (Å²) in [6.45, 7) is 2.25. The number of anilines is 2. The Labute approximate surface area is 216 Å². The number of nitrogens with zero attached hydrogens (tertiary/aromatic N) is 6. The van der Waals surface area contributed by atoms with E-state index in [0.29, 0.717) is 75.9 Å². The van der Waals surface area contributed by atoms with Crippen molar-refractivity contribution in [3.8, 4) is 11.3 Å². The second kappa shape index (κ2) is 9.81. The Morgan fingerprint density at radius 1 is 0.914 bits per heavy atom. The first-order chi connectivity index (χ1) is 16.9. The van der Waals surface area contributed by atoms with Gasteiger partial charge < -0.3 is 15.5 Å². The lowest BCUT2D eigenvalue weighted by Crippen LogP contribution is -2.49. The molecule has 0 unspecified atom stereocenters. The third kappa shape index (κ3) is 5.10. The van der Waals surface area contributed by atoms with Crippen molar-refractivity contribution in [2.24, 2.45) is 0 Å². The average Bonchev–Trinajstić information content (AvgIpc) is 2.85. The number of halogens is 3. The molecule has 2 aromatic heterocycles. The first-order valence-corrected chi connectivity index (χ1v) is 12.0. The van der Waals surface area contributed by atoms with E-state index in [0.717, 1.165) is 5.56 Å². The fraction of sp³-hybridized carbons (Fsp3) is 0.208. The summed E-state index contributed by atoms with van der Waals surface area (Å²) in [7, 11) is 0. The standard InChI is InChI=1S/C24H20Cl3N7O/c25-15-3-1-14(2-4-15)11-20(35)33-7-9-34(10-8-33)23-21-22(31-24(28)32-23)29-13-19(30-21)17-6-5-16(26)12-18(17)27/h1-6,12-13H,7-11H2,(H2,28,29,31,32). The number of aromatic nitrogens is 4. The van der Waals surface area contributed by atoms with Gasteiger partial charge in [-0.2, -0.15) is 9.97 Å². The highest BCUT2D eigenvalue weighted by atomic mass is 35.5. The molecule has 3 heterocycles. The summed E-state index contributed by atoms with van der Waals surface area (Å²) in [6, 6.07) is 12.5. The van der Waals surface area contributed by atoms with Gasteiger partial charge in [-0.15, -0.1) is 0 Å². The quantitative estimate of drug-likeness (QED) is 0.415. The van der Waals surface area contributed by atoms with Gasteiger partial charge in [0.15, 0.2) is 17.0 Å². The molecule has 0 spiro atoms. The van der Waals surface area contributed by atoms with Gasteiger partial charge in [0.25, 0.3) is 0 Å². The molecule has 0 saturated carbocycles. The summed E-state index contributed by atoms with van der Waals surface area (Å²) < 4.78 is 0. The van der Waals surface area contributed by atoms with Gasteiger partial charge in [0.05, 0.1) is 23.3 Å². The number of hydrogen-bond donors (Lipinski definition) is 1. The molecule has 1 amide bonds. The molecule has 0 atom stereocenters. The maximum atomic E-state index is 12.8. The van der Waals surface area contributed by atoms with Crippen LogP contribution in [0.2, 0.25) is 15.1 Å². The summed E-state index contributed by atoms with van der Waals surface area (Å²) in [4.78, 5) is 34.6. The van der Waals surface area contributed by atoms with Gasteiger partial charge in [-0.1, -0.05) is 46.9 Å². The molecule has 1 fully saturated rings. The van der Waals surface area contributed by atoms with Gasteiger partial charge in [0, 0.05) is 41.8 Å². The average molecular weight is 529 g/mol. The fourth-order valence-electron chi connectivity index (χ4n) is 4.01. The highest BCUT2D eigenvalue weighted by molar-refractivity contribution is 6.36. The molecule has 11 heteroatoms. The predicted molar refractivity (Wildman–Crippen MR) is 139 cm³/mol. The second-order valence-corrected chi connectivity index (χ2v) is 9.41. The first kappa shape index (κ1) is 23.5. The topological polar surface area (TPSA) is 101 Å². The van der Waals surface area contributed by atoms with Gasteiger partial charge in [0.2, 0.25) is 11.9 Å². The molecule has 2 aromatic carbocycles. The fourth-order valence-corrected chi connectivity index (χ4v) is 4.64. The van der Waals surface area contributed by atoms with E-state index in [-0.39, 0.29) is 11.9 Å². The lowest BCUT2D eigenvalue weighted by Gasteiger charge is -2.35. The van der Waals surface area contributed by atoms with E-state index in [4.69, 9.17) is 45.5 Å². The SMILES string of the molecule is Nc1nc(N2CCN(C(=O)Cc3ccc(Cl)cc3)CC2)c2nc(-c3ccc(Cl)cc3Cl)cnc2n1. The maximum absolute atomic E-state index is 12.8. The van der Waals surface area contributed by atoms with Gasteiger partial charge in [-0.25, -0.2) is 9.97 Å². The minimum atomic E-state index is 0.0680. The molecular formula is C24H20Cl3N7O. The van der Waals surface area contributed by atoms with Crippen LogP contribution in [-0.4, -0.2) is 56.9 Å². The number of carbonyl (C=O) groups excluding carboxylic acids is 1. The lowest BCUT2D eigenvalue weighted by atomic mass is 10.1. The first-order valence-electron chi connectivity index (χ1n) is 10.9. The smallest absolute Gasteiger partial charge is 0.227 e. The number of carbonyl (C=O) groups is 1. The van der Waals surface area contributed by atoms with Crippen LogP contribution in [0.3, 0.4) is 0 Å². The van der Waals surface area contributed by atoms with Crippen molar-refractivity contribution < 1.29 is 4.79 Å². The Morgan fingerprint density at radius 2 is 1.63 bits per heavy atom. The molecule has 5 rings (SSSR count). The van der Waals surface area contributed by atoms with Crippen molar-refractivity contribution in [3.63, 3.8) is 0 Å². The van der Waals surface area contributed by atoms with Crippen molar-refractivity contribution in [2.75, 3.05) is 36.8 Å². The third-order valence-electron chi connectivity index (χ3n) is 5.81. The molecule has 35 heavy (non-hydrogen) atoms. The molecule has 0 aliphatic carbocycles. The van der Waals surface area contributed by atoms with E-state index < -0.39 is 0 Å². The molecule has 4 aromatic rings. The Balaban J connectivity index is 1.37. The molecule has 0 radical (unpaired) electrons. The van der Waals surface area contributed by atoms with E-state index in [1.165, 1.54) is 0 Å². The van der Waals surface area contributed by atoms with Crippen LogP contribution < -0.4 is 10.6 Å². The Bertz CT molecular complexity index is 1410. The minimum absolute atomic E-state index is 0.0680. The maximum Gasteiger partial charge on any atom is 0.227 e. The molecule has 178 valence electrons. The van der Waals surface area contributed by atoms with Gasteiger partial charge in [0.1, 0.15) is 0 Å². The number of piperazine rings is 1. The number of nitrogens with two attached hydrogens (primary N) is 1. The van der Waals surface area contributed by atoms with E-state index in [9.17, 15) is 4.79 Å². The second-order valence-electron chi connectivity index (χ2n) is 8.13. The number of benzene rings is 2. The number of hydrogen-bond acceptors (Lipinski definition) is 7. The Kier molecular flexibility index (Phi) is 6.60. The van der Waals surface area contributed by atoms with E-state index in [2.05, 4.69) is 15.0 Å². The molecule has 1 aliphatic rings. The Hall–Kier alpha value is -3.20. The summed E-state index contributed by atoms with van der Waals surface area (Å²) in [5.41, 5.74) is 9.08. The van der Waals surface area contributed by atoms with Crippen molar-refractivity contribution in [1.29, 1.82) is 0 Å². The Morgan fingerprint density at radius 3 is 2.34 bits per heavy atom. The molecule has 0 bridgehead atoms. The van der Waals surface area contributed by atoms with Gasteiger partial charge in [-0.05, 0) is 35.9 Å². The molecular weight excluding hydrogens is 509 g/mol. The van der Waals surface area contributed by atoms with Crippen LogP contribution in [0.15, 0.2) is 48.7 Å². The summed E-state index contributed by atoms with van der Waals surface area (Å²) in [5, 5.41) is 1.65. The molecule has 2 N–H and O–H groups in total. The summed E-state index contributed by atoms with van der Waals surface area (Å²) in [5.74, 6) is 0.760. The minimum Gasteiger partial charge on any atom is -0.368 e. The van der Waals surface area contributed by atoms with Crippen LogP contribution in [0.5, 0.6) is 0 Å². The lowest BCUT2D eigenvalue weighted by molar-refractivity contribution is -0.130. The number of fused-ring (bicyclic) bond motifs is 1. The van der Waals surface area contributed by atoms with Crippen LogP contribution in [0.4, 0.5) is 11.8 Å². The van der Waals surface area contributed by atoms with Crippen LogP contribution in [0.25, 0.3) is 22.4 Å². The zero-order chi connectivity index (χ0) is 24.5. The largest absolute Gasteiger partial charge is 0.368 e. The molecule has 8 nitrogen and oxygen atoms in total. The number of amides is 1. The van der Waals surface area contributed by atoms with Crippen LogP contribution in [0, 0.1) is 0 Å². The van der Waals surface area contributed by atoms with Crippen LogP contribution in [-0.2, 0) is 11.2 Å². The summed E-state index contributed by atoms with van der Waals surface area (Å²) >= 11 is 18.4. The van der Waals surface area contributed by atoms with E-state index in [1.54, 1.807) is 36.5 Å². The highest BCUT2D eigenvalue weighted by Crippen LogP contribution is 2.31. The van der Waals surface area contributed by atoms with Crippen molar-refractivity contribution in [1.82, 2.24) is 24.8 Å². The number of rotatable bonds is 4. The molecule has 1 saturated heterocycles. The predicted octanol–water partition coefficient (Wildman–Crippen LogP) is 4.52. The zero-order valence-corrected chi connectivity index (χ0v) is 20.7. The van der Waals surface area contributed by atoms with E-state index in [1.807, 2.05) is 21.9 Å². The number of nitrogen functional groups attached to an aromatic ring is 1. The van der Waals surface area contributed by atoms with Crippen LogP contribution in [0.1, 0.15) is 5.56 Å². The van der Waals surface area contributed by atoms with Gasteiger partial charge >= 0.3 is 0 Å². The highest BCUT2D eigenvalue weighted by Gasteiger charge is 2.25. The molecule has 1 aliphatic heterocycles. The van der Waals surface area contributed by atoms with Crippen molar-refractivity contribution >= 4 is 63.6 Å².